The Bertz CT molecular complexity index is 823. The van der Waals surface area contributed by atoms with Crippen LogP contribution in [0.5, 0.6) is 0 Å². The van der Waals surface area contributed by atoms with E-state index in [0.717, 1.165) is 38.5 Å². The summed E-state index contributed by atoms with van der Waals surface area (Å²) in [5.41, 5.74) is 0. The van der Waals surface area contributed by atoms with Crippen LogP contribution in [0.2, 0.25) is 0 Å². The Morgan fingerprint density at radius 2 is 0.833 bits per heavy atom. The number of hydrogen-bond acceptors (Lipinski definition) is 5. The van der Waals surface area contributed by atoms with Gasteiger partial charge in [-0.1, -0.05) is 200 Å². The van der Waals surface area contributed by atoms with Crippen molar-refractivity contribution in [1.82, 2.24) is 10.6 Å². The SMILES string of the molecule is CCCCCCCCCCCCCCCCCCCCCC(=O)N[C@@H](COS(=O)(=O)O)C(=O)NCCCCCCCCCCCCCC. The highest BCUT2D eigenvalue weighted by molar-refractivity contribution is 7.80. The smallest absolute Gasteiger partial charge is 0.354 e. The van der Waals surface area contributed by atoms with Crippen LogP contribution in [0.1, 0.15) is 219 Å². The maximum atomic E-state index is 12.7. The molecule has 0 spiro atoms. The summed E-state index contributed by atoms with van der Waals surface area (Å²) in [6.07, 6.45) is 39.4. The minimum absolute atomic E-state index is 0.271. The van der Waals surface area contributed by atoms with Crippen molar-refractivity contribution in [1.29, 1.82) is 0 Å². The van der Waals surface area contributed by atoms with Gasteiger partial charge in [-0.05, 0) is 12.8 Å². The van der Waals surface area contributed by atoms with Crippen molar-refractivity contribution in [3.05, 3.63) is 0 Å². The Hall–Kier alpha value is -1.19. The molecular weight excluding hydrogens is 625 g/mol. The van der Waals surface area contributed by atoms with E-state index in [-0.39, 0.29) is 12.3 Å². The molecule has 0 aromatic rings. The molecule has 0 heterocycles. The molecule has 8 nitrogen and oxygen atoms in total. The van der Waals surface area contributed by atoms with E-state index >= 15 is 0 Å². The molecule has 0 bridgehead atoms. The predicted molar refractivity (Wildman–Crippen MR) is 202 cm³/mol. The largest absolute Gasteiger partial charge is 0.397 e. The Morgan fingerprint density at radius 3 is 1.17 bits per heavy atom. The van der Waals surface area contributed by atoms with Gasteiger partial charge in [0.15, 0.2) is 0 Å². The maximum Gasteiger partial charge on any atom is 0.397 e. The van der Waals surface area contributed by atoms with E-state index in [1.165, 1.54) is 161 Å². The first kappa shape index (κ1) is 46.8. The van der Waals surface area contributed by atoms with Gasteiger partial charge in [-0.2, -0.15) is 8.42 Å². The lowest BCUT2D eigenvalue weighted by atomic mass is 10.0. The van der Waals surface area contributed by atoms with Crippen molar-refractivity contribution in [3.8, 4) is 0 Å². The predicted octanol–water partition coefficient (Wildman–Crippen LogP) is 10.9. The molecule has 286 valence electrons. The third-order valence-electron chi connectivity index (χ3n) is 9.37. The summed E-state index contributed by atoms with van der Waals surface area (Å²) in [6, 6.07) is -1.17. The average molecular weight is 703 g/mol. The van der Waals surface area contributed by atoms with Crippen LogP contribution in [0.25, 0.3) is 0 Å². The number of carbonyl (C=O) groups excluding carboxylic acids is 2. The molecule has 0 rings (SSSR count). The molecule has 0 saturated carbocycles. The summed E-state index contributed by atoms with van der Waals surface area (Å²) in [4.78, 5) is 25.2. The molecule has 0 aliphatic heterocycles. The van der Waals surface area contributed by atoms with Crippen LogP contribution in [0.4, 0.5) is 0 Å². The molecule has 9 heteroatoms. The standard InChI is InChI=1S/C39H78N2O6S/c1-3-5-7-9-11-13-15-17-18-19-20-21-22-23-24-26-28-30-32-34-38(42)41-37(36-47-48(44,45)46)39(43)40-35-33-31-29-27-25-16-14-12-10-8-6-4-2/h37H,3-36H2,1-2H3,(H,40,43)(H,41,42)(H,44,45,46)/t37-/m0/s1. The molecule has 1 atom stereocenters. The van der Waals surface area contributed by atoms with E-state index < -0.39 is 29.0 Å². The normalized spacial score (nSPS) is 12.3. The van der Waals surface area contributed by atoms with Crippen molar-refractivity contribution in [2.75, 3.05) is 13.2 Å². The summed E-state index contributed by atoms with van der Waals surface area (Å²) < 4.78 is 35.6. The van der Waals surface area contributed by atoms with Crippen LogP contribution in [0.15, 0.2) is 0 Å². The summed E-state index contributed by atoms with van der Waals surface area (Å²) in [5.74, 6) is -0.810. The zero-order valence-electron chi connectivity index (χ0n) is 31.5. The molecule has 0 fully saturated rings. The van der Waals surface area contributed by atoms with Gasteiger partial charge >= 0.3 is 10.4 Å². The topological polar surface area (TPSA) is 122 Å². The van der Waals surface area contributed by atoms with Crippen molar-refractivity contribution in [2.24, 2.45) is 0 Å². The van der Waals surface area contributed by atoms with Crippen LogP contribution in [-0.2, 0) is 24.2 Å². The van der Waals surface area contributed by atoms with Crippen molar-refractivity contribution in [3.63, 3.8) is 0 Å². The molecule has 0 aromatic carbocycles. The Morgan fingerprint density at radius 1 is 0.521 bits per heavy atom. The third kappa shape index (κ3) is 36.1. The van der Waals surface area contributed by atoms with Crippen LogP contribution in [0.3, 0.4) is 0 Å². The van der Waals surface area contributed by atoms with E-state index in [2.05, 4.69) is 28.7 Å². The lowest BCUT2D eigenvalue weighted by Crippen LogP contribution is -2.49. The average Bonchev–Trinajstić information content (AvgIpc) is 3.05. The molecular formula is C39H78N2O6S. The van der Waals surface area contributed by atoms with Crippen molar-refractivity contribution >= 4 is 22.2 Å². The van der Waals surface area contributed by atoms with Crippen LogP contribution in [0, 0.1) is 0 Å². The first-order valence-corrected chi connectivity index (χ1v) is 21.9. The van der Waals surface area contributed by atoms with Gasteiger partial charge in [-0.3, -0.25) is 14.1 Å². The van der Waals surface area contributed by atoms with Gasteiger partial charge < -0.3 is 10.6 Å². The Labute approximate surface area is 297 Å². The minimum Gasteiger partial charge on any atom is -0.354 e. The van der Waals surface area contributed by atoms with Crippen LogP contribution in [-0.4, -0.2) is 44.0 Å². The van der Waals surface area contributed by atoms with Crippen LogP contribution >= 0.6 is 0 Å². The first-order chi connectivity index (χ1) is 23.3. The van der Waals surface area contributed by atoms with Gasteiger partial charge in [0.2, 0.25) is 11.8 Å². The Balaban J connectivity index is 3.86. The maximum absolute atomic E-state index is 12.7. The molecule has 0 unspecified atom stereocenters. The number of hydrogen-bond donors (Lipinski definition) is 3. The minimum atomic E-state index is -4.72. The summed E-state index contributed by atoms with van der Waals surface area (Å²) in [5, 5.41) is 5.37. The zero-order valence-corrected chi connectivity index (χ0v) is 32.3. The van der Waals surface area contributed by atoms with Gasteiger partial charge in [0, 0.05) is 13.0 Å². The van der Waals surface area contributed by atoms with Gasteiger partial charge in [-0.15, -0.1) is 0 Å². The number of rotatable bonds is 38. The lowest BCUT2D eigenvalue weighted by Gasteiger charge is -2.18. The van der Waals surface area contributed by atoms with E-state index in [4.69, 9.17) is 4.55 Å². The monoisotopic (exact) mass is 703 g/mol. The lowest BCUT2D eigenvalue weighted by molar-refractivity contribution is -0.129. The van der Waals surface area contributed by atoms with Crippen molar-refractivity contribution < 1.29 is 26.7 Å². The second-order valence-electron chi connectivity index (χ2n) is 14.1. The molecule has 2 amide bonds. The van der Waals surface area contributed by atoms with Gasteiger partial charge in [0.05, 0.1) is 6.61 Å². The van der Waals surface area contributed by atoms with E-state index in [1.807, 2.05) is 0 Å². The number of carbonyl (C=O) groups is 2. The summed E-state index contributed by atoms with van der Waals surface area (Å²) in [6.45, 7) is 4.33. The van der Waals surface area contributed by atoms with E-state index in [0.29, 0.717) is 6.54 Å². The highest BCUT2D eigenvalue weighted by atomic mass is 32.3. The quantitative estimate of drug-likeness (QED) is 0.0435. The Kier molecular flexibility index (Phi) is 34.7. The van der Waals surface area contributed by atoms with Gasteiger partial charge in [-0.25, -0.2) is 4.18 Å². The molecule has 0 radical (unpaired) electrons. The third-order valence-corrected chi connectivity index (χ3v) is 9.81. The highest BCUT2D eigenvalue weighted by Gasteiger charge is 2.23. The molecule has 0 aliphatic carbocycles. The van der Waals surface area contributed by atoms with E-state index in [9.17, 15) is 18.0 Å². The fourth-order valence-electron chi connectivity index (χ4n) is 6.27. The number of amides is 2. The molecule has 0 aromatic heterocycles. The molecule has 3 N–H and O–H groups in total. The second kappa shape index (κ2) is 35.6. The molecule has 0 aliphatic rings. The first-order valence-electron chi connectivity index (χ1n) is 20.5. The second-order valence-corrected chi connectivity index (χ2v) is 15.2. The van der Waals surface area contributed by atoms with Crippen LogP contribution < -0.4 is 10.6 Å². The van der Waals surface area contributed by atoms with Gasteiger partial charge in [0.25, 0.3) is 0 Å². The molecule has 48 heavy (non-hydrogen) atoms. The highest BCUT2D eigenvalue weighted by Crippen LogP contribution is 2.15. The fourth-order valence-corrected chi connectivity index (χ4v) is 6.58. The summed E-state index contributed by atoms with van der Waals surface area (Å²) in [7, 11) is -4.72. The fraction of sp³-hybridized carbons (Fsp3) is 0.949. The summed E-state index contributed by atoms with van der Waals surface area (Å²) >= 11 is 0. The van der Waals surface area contributed by atoms with E-state index in [1.54, 1.807) is 0 Å². The number of unbranched alkanes of at least 4 members (excludes halogenated alkanes) is 29. The number of nitrogens with one attached hydrogen (secondary N) is 2. The molecule has 0 saturated heterocycles. The van der Waals surface area contributed by atoms with Crippen molar-refractivity contribution in [2.45, 2.75) is 225 Å². The zero-order chi connectivity index (χ0) is 35.4. The van der Waals surface area contributed by atoms with Gasteiger partial charge in [0.1, 0.15) is 6.04 Å².